The number of halogens is 1. The number of aliphatic hydroxyl groups is 1. The standard InChI is InChI=1S/C12H15FN2O3/c13-8-5-6-9(11(7-8)15(17)18)14-10-3-1-2-4-12(10)16/h5-7,10,12,14,16H,1-4H2/t10-,12-/m0/s1. The fraction of sp³-hybridized carbons (Fsp3) is 0.500. The van der Waals surface area contributed by atoms with Gasteiger partial charge in [0.25, 0.3) is 5.69 Å². The average molecular weight is 254 g/mol. The molecule has 0 spiro atoms. The van der Waals surface area contributed by atoms with Gasteiger partial charge in [-0.2, -0.15) is 0 Å². The molecule has 1 fully saturated rings. The third-order valence-electron chi connectivity index (χ3n) is 3.23. The maximum absolute atomic E-state index is 13.0. The minimum absolute atomic E-state index is 0.206. The van der Waals surface area contributed by atoms with E-state index in [1.165, 1.54) is 12.1 Å². The summed E-state index contributed by atoms with van der Waals surface area (Å²) in [5.41, 5.74) is -0.0416. The van der Waals surface area contributed by atoms with Crippen molar-refractivity contribution >= 4 is 11.4 Å². The summed E-state index contributed by atoms with van der Waals surface area (Å²) in [6.07, 6.45) is 2.88. The fourth-order valence-electron chi connectivity index (χ4n) is 2.26. The minimum Gasteiger partial charge on any atom is -0.391 e. The fourth-order valence-corrected chi connectivity index (χ4v) is 2.26. The van der Waals surface area contributed by atoms with Crippen molar-refractivity contribution in [3.8, 4) is 0 Å². The molecular weight excluding hydrogens is 239 g/mol. The van der Waals surface area contributed by atoms with Crippen molar-refractivity contribution in [2.75, 3.05) is 5.32 Å². The molecule has 0 bridgehead atoms. The number of rotatable bonds is 3. The van der Waals surface area contributed by atoms with Gasteiger partial charge in [-0.15, -0.1) is 0 Å². The van der Waals surface area contributed by atoms with E-state index >= 15 is 0 Å². The molecule has 0 amide bonds. The molecule has 2 N–H and O–H groups in total. The molecule has 1 saturated carbocycles. The Kier molecular flexibility index (Phi) is 3.76. The van der Waals surface area contributed by atoms with Crippen LogP contribution in [0.4, 0.5) is 15.8 Å². The highest BCUT2D eigenvalue weighted by Crippen LogP contribution is 2.29. The number of aliphatic hydroxyl groups excluding tert-OH is 1. The van der Waals surface area contributed by atoms with Gasteiger partial charge < -0.3 is 10.4 Å². The van der Waals surface area contributed by atoms with E-state index in [1.807, 2.05) is 0 Å². The van der Waals surface area contributed by atoms with Gasteiger partial charge in [-0.05, 0) is 25.0 Å². The Morgan fingerprint density at radius 1 is 1.39 bits per heavy atom. The van der Waals surface area contributed by atoms with Crippen LogP contribution in [-0.2, 0) is 0 Å². The second-order valence-corrected chi connectivity index (χ2v) is 4.52. The first-order valence-corrected chi connectivity index (χ1v) is 5.96. The predicted molar refractivity (Wildman–Crippen MR) is 64.9 cm³/mol. The normalized spacial score (nSPS) is 23.7. The van der Waals surface area contributed by atoms with Gasteiger partial charge in [-0.3, -0.25) is 10.1 Å². The highest BCUT2D eigenvalue weighted by atomic mass is 19.1. The third kappa shape index (κ3) is 2.76. The molecule has 1 aliphatic rings. The van der Waals surface area contributed by atoms with Crippen LogP contribution in [0.5, 0.6) is 0 Å². The first-order valence-electron chi connectivity index (χ1n) is 5.96. The summed E-state index contributed by atoms with van der Waals surface area (Å²) in [6.45, 7) is 0. The summed E-state index contributed by atoms with van der Waals surface area (Å²) >= 11 is 0. The summed E-state index contributed by atoms with van der Waals surface area (Å²) in [6, 6.07) is 3.19. The van der Waals surface area contributed by atoms with E-state index in [2.05, 4.69) is 5.32 Å². The van der Waals surface area contributed by atoms with E-state index in [1.54, 1.807) is 0 Å². The highest BCUT2D eigenvalue weighted by molar-refractivity contribution is 5.62. The number of nitrogens with zero attached hydrogens (tertiary/aromatic N) is 1. The Labute approximate surface area is 104 Å². The Hall–Kier alpha value is -1.69. The van der Waals surface area contributed by atoms with Crippen LogP contribution in [0.1, 0.15) is 25.7 Å². The van der Waals surface area contributed by atoms with Gasteiger partial charge in [-0.1, -0.05) is 12.8 Å². The van der Waals surface area contributed by atoms with Crippen LogP contribution >= 0.6 is 0 Å². The van der Waals surface area contributed by atoms with Crippen molar-refractivity contribution in [3.05, 3.63) is 34.1 Å². The Balaban J connectivity index is 2.20. The number of anilines is 1. The monoisotopic (exact) mass is 254 g/mol. The van der Waals surface area contributed by atoms with Crippen molar-refractivity contribution in [1.82, 2.24) is 0 Å². The molecule has 0 unspecified atom stereocenters. The molecule has 98 valence electrons. The van der Waals surface area contributed by atoms with Crippen LogP contribution in [0, 0.1) is 15.9 Å². The number of hydrogen-bond donors (Lipinski definition) is 2. The van der Waals surface area contributed by atoms with Gasteiger partial charge in [0.2, 0.25) is 0 Å². The molecule has 0 radical (unpaired) electrons. The summed E-state index contributed by atoms with van der Waals surface area (Å²) in [5.74, 6) is -0.642. The van der Waals surface area contributed by atoms with Crippen molar-refractivity contribution < 1.29 is 14.4 Å². The molecule has 18 heavy (non-hydrogen) atoms. The number of nitrogens with one attached hydrogen (secondary N) is 1. The number of nitro benzene ring substituents is 1. The van der Waals surface area contributed by atoms with Gasteiger partial charge >= 0.3 is 0 Å². The summed E-state index contributed by atoms with van der Waals surface area (Å²) in [7, 11) is 0. The molecule has 2 atom stereocenters. The van der Waals surface area contributed by atoms with E-state index in [-0.39, 0.29) is 17.4 Å². The van der Waals surface area contributed by atoms with Crippen LogP contribution in [0.2, 0.25) is 0 Å². The zero-order valence-electron chi connectivity index (χ0n) is 9.80. The Bertz CT molecular complexity index is 453. The maximum atomic E-state index is 13.0. The topological polar surface area (TPSA) is 75.4 Å². The van der Waals surface area contributed by atoms with Crippen LogP contribution in [-0.4, -0.2) is 22.2 Å². The third-order valence-corrected chi connectivity index (χ3v) is 3.23. The van der Waals surface area contributed by atoms with Crippen molar-refractivity contribution in [3.63, 3.8) is 0 Å². The average Bonchev–Trinajstić information content (AvgIpc) is 2.34. The first-order chi connectivity index (χ1) is 8.58. The van der Waals surface area contributed by atoms with Crippen molar-refractivity contribution in [2.24, 2.45) is 0 Å². The SMILES string of the molecule is O=[N+]([O-])c1cc(F)ccc1N[C@H]1CCCC[C@@H]1O. The van der Waals surface area contributed by atoms with Crippen molar-refractivity contribution in [1.29, 1.82) is 0 Å². The molecule has 1 aromatic rings. The van der Waals surface area contributed by atoms with Crippen LogP contribution in [0.25, 0.3) is 0 Å². The van der Waals surface area contributed by atoms with Crippen molar-refractivity contribution in [2.45, 2.75) is 37.8 Å². The van der Waals surface area contributed by atoms with E-state index in [9.17, 15) is 19.6 Å². The zero-order chi connectivity index (χ0) is 13.1. The lowest BCUT2D eigenvalue weighted by molar-refractivity contribution is -0.384. The zero-order valence-corrected chi connectivity index (χ0v) is 9.80. The first kappa shape index (κ1) is 12.8. The van der Waals surface area contributed by atoms with E-state index in [0.717, 1.165) is 25.3 Å². The second kappa shape index (κ2) is 5.30. The lowest BCUT2D eigenvalue weighted by atomic mass is 9.92. The predicted octanol–water partition coefficient (Wildman–Crippen LogP) is 2.45. The van der Waals surface area contributed by atoms with Gasteiger partial charge in [0.1, 0.15) is 11.5 Å². The maximum Gasteiger partial charge on any atom is 0.295 e. The lowest BCUT2D eigenvalue weighted by Crippen LogP contribution is -2.36. The lowest BCUT2D eigenvalue weighted by Gasteiger charge is -2.29. The quantitative estimate of drug-likeness (QED) is 0.641. The molecule has 2 rings (SSSR count). The largest absolute Gasteiger partial charge is 0.391 e. The molecule has 0 saturated heterocycles. The number of hydrogen-bond acceptors (Lipinski definition) is 4. The molecule has 0 heterocycles. The molecule has 1 aromatic carbocycles. The smallest absolute Gasteiger partial charge is 0.295 e. The Morgan fingerprint density at radius 2 is 2.11 bits per heavy atom. The van der Waals surface area contributed by atoms with Crippen LogP contribution in [0.15, 0.2) is 18.2 Å². The van der Waals surface area contributed by atoms with E-state index in [0.29, 0.717) is 6.42 Å². The highest BCUT2D eigenvalue weighted by Gasteiger charge is 2.25. The summed E-state index contributed by atoms with van der Waals surface area (Å²) in [5, 5.41) is 23.6. The van der Waals surface area contributed by atoms with Gasteiger partial charge in [0.15, 0.2) is 0 Å². The van der Waals surface area contributed by atoms with Crippen LogP contribution in [0.3, 0.4) is 0 Å². The molecule has 0 aromatic heterocycles. The molecule has 5 nitrogen and oxygen atoms in total. The second-order valence-electron chi connectivity index (χ2n) is 4.52. The van der Waals surface area contributed by atoms with Gasteiger partial charge in [0, 0.05) is 0 Å². The van der Waals surface area contributed by atoms with Gasteiger partial charge in [0.05, 0.1) is 23.1 Å². The minimum atomic E-state index is -0.642. The van der Waals surface area contributed by atoms with E-state index < -0.39 is 16.8 Å². The van der Waals surface area contributed by atoms with Crippen LogP contribution < -0.4 is 5.32 Å². The molecule has 6 heteroatoms. The van der Waals surface area contributed by atoms with E-state index in [4.69, 9.17) is 0 Å². The number of nitro groups is 1. The Morgan fingerprint density at radius 3 is 2.78 bits per heavy atom. The summed E-state index contributed by atoms with van der Waals surface area (Å²) < 4.78 is 13.0. The molecule has 1 aliphatic carbocycles. The molecule has 0 aliphatic heterocycles. The van der Waals surface area contributed by atoms with Gasteiger partial charge in [-0.25, -0.2) is 4.39 Å². The molecular formula is C12H15FN2O3. The summed E-state index contributed by atoms with van der Waals surface area (Å²) in [4.78, 5) is 10.2. The number of benzene rings is 1.